The molecule has 0 fully saturated rings. The van der Waals surface area contributed by atoms with E-state index in [1.165, 1.54) is 0 Å². The average molecular weight is 405 g/mol. The van der Waals surface area contributed by atoms with Crippen molar-refractivity contribution in [1.82, 2.24) is 0 Å². The summed E-state index contributed by atoms with van der Waals surface area (Å²) in [6, 6.07) is 0. The van der Waals surface area contributed by atoms with Crippen LogP contribution in [0.2, 0.25) is 0 Å². The van der Waals surface area contributed by atoms with Crippen LogP contribution in [-0.4, -0.2) is 0 Å². The molecular formula is Br3Li3O9. The molecule has 0 atom stereocenters. The van der Waals surface area contributed by atoms with E-state index in [2.05, 4.69) is 0 Å². The molecule has 15 heavy (non-hydrogen) atoms. The van der Waals surface area contributed by atoms with Crippen molar-refractivity contribution in [2.24, 2.45) is 0 Å². The Balaban J connectivity index is -0.0000000184. The minimum atomic E-state index is -3.65. The van der Waals surface area contributed by atoms with Crippen LogP contribution >= 0.6 is 0 Å². The molecule has 78 valence electrons. The van der Waals surface area contributed by atoms with Crippen LogP contribution in [0.4, 0.5) is 0 Å². The first-order valence-electron chi connectivity index (χ1n) is 1.39. The minimum absolute atomic E-state index is 0. The molecule has 9 nitrogen and oxygen atoms in total. The number of halogens is 3. The second-order valence-corrected chi connectivity index (χ2v) is 2.95. The molecule has 0 spiro atoms. The van der Waals surface area contributed by atoms with E-state index in [1.807, 2.05) is 0 Å². The molecule has 0 aliphatic rings. The average Bonchev–Trinajstić information content (AvgIpc) is 1.54. The van der Waals surface area contributed by atoms with Crippen molar-refractivity contribution in [2.75, 3.05) is 0 Å². The maximum atomic E-state index is 8.52. The van der Waals surface area contributed by atoms with Gasteiger partial charge in [0.15, 0.2) is 0 Å². The molecule has 0 aromatic rings. The van der Waals surface area contributed by atoms with Gasteiger partial charge in [0.05, 0.1) is 0 Å². The van der Waals surface area contributed by atoms with Crippen LogP contribution in [0.15, 0.2) is 0 Å². The van der Waals surface area contributed by atoms with Gasteiger partial charge in [0, 0.05) is 0 Å². The van der Waals surface area contributed by atoms with Gasteiger partial charge in [0.1, 0.15) is 0 Å². The molecule has 0 aliphatic heterocycles. The van der Waals surface area contributed by atoms with E-state index in [4.69, 9.17) is 37.8 Å². The van der Waals surface area contributed by atoms with E-state index in [9.17, 15) is 0 Å². The van der Waals surface area contributed by atoms with E-state index in [1.54, 1.807) is 0 Å². The van der Waals surface area contributed by atoms with Gasteiger partial charge < -0.3 is 37.8 Å². The van der Waals surface area contributed by atoms with Crippen LogP contribution in [0, 0.1) is 44.4 Å². The summed E-state index contributed by atoms with van der Waals surface area (Å²) in [6.07, 6.45) is 0. The Hall–Kier alpha value is 2.87. The Bertz CT molecular complexity index is 49.1. The Morgan fingerprint density at radius 2 is 0.333 bits per heavy atom. The second-order valence-electron chi connectivity index (χ2n) is 0.567. The molecule has 0 radical (unpaired) electrons. The molecule has 0 unspecified atom stereocenters. The third kappa shape index (κ3) is 452. The molecule has 15 heteroatoms. The van der Waals surface area contributed by atoms with E-state index >= 15 is 0 Å². The largest absolute Gasteiger partial charge is 1.00 e. The summed E-state index contributed by atoms with van der Waals surface area (Å²) < 4.78 is 76.7. The summed E-state index contributed by atoms with van der Waals surface area (Å²) >= 11 is -10.9. The van der Waals surface area contributed by atoms with Crippen molar-refractivity contribution >= 4 is 0 Å². The zero-order valence-electron chi connectivity index (χ0n) is 7.81. The van der Waals surface area contributed by atoms with Gasteiger partial charge in [-0.25, -0.2) is 0 Å². The van der Waals surface area contributed by atoms with Crippen molar-refractivity contribution in [1.29, 1.82) is 0 Å². The summed E-state index contributed by atoms with van der Waals surface area (Å²) in [6.45, 7) is 0. The van der Waals surface area contributed by atoms with Gasteiger partial charge in [-0.3, -0.25) is 0 Å². The Morgan fingerprint density at radius 3 is 0.333 bits per heavy atom. The Kier molecular flexibility index (Phi) is 72.6. The molecule has 0 saturated carbocycles. The molecule has 0 aliphatic carbocycles. The SMILES string of the molecule is [Li+].[Li+].[Li+].[O-][Br+2]([O-])[O-].[O-][Br+2]([O-])[O-].[O-][Br+2]([O-])[O-]. The van der Waals surface area contributed by atoms with Crippen molar-refractivity contribution in [3.63, 3.8) is 0 Å². The van der Waals surface area contributed by atoms with Gasteiger partial charge >= 0.3 is 56.6 Å². The third-order valence-corrected chi connectivity index (χ3v) is 0. The standard InChI is InChI=1S/3BrO3.3Li/c3*2-1(3)4;;;/q3*-1;3*+1. The minimum Gasteiger partial charge on any atom is -0.405 e. The maximum Gasteiger partial charge on any atom is 1.00 e. The topological polar surface area (TPSA) is 208 Å². The predicted octanol–water partition coefficient (Wildman–Crippen LogP) is -19.7. The van der Waals surface area contributed by atoms with Crippen LogP contribution in [-0.2, 0) is 0 Å². The number of hydrogen-bond donors (Lipinski definition) is 0. The summed E-state index contributed by atoms with van der Waals surface area (Å²) in [4.78, 5) is 0. The first kappa shape index (κ1) is 36.1. The molecule has 0 heterocycles. The quantitative estimate of drug-likeness (QED) is 0.350. The maximum absolute atomic E-state index is 8.52. The van der Waals surface area contributed by atoms with Gasteiger partial charge in [-0.1, -0.05) is 0 Å². The molecule has 0 saturated heterocycles. The van der Waals surface area contributed by atoms with Crippen molar-refractivity contribution in [3.8, 4) is 0 Å². The van der Waals surface area contributed by atoms with E-state index in [-0.39, 0.29) is 56.6 Å². The van der Waals surface area contributed by atoms with Crippen LogP contribution in [0.3, 0.4) is 0 Å². The molecule has 0 bridgehead atoms. The smallest absolute Gasteiger partial charge is 0.405 e. The fourth-order valence-electron chi connectivity index (χ4n) is 0. The van der Waals surface area contributed by atoms with Crippen LogP contribution in [0.5, 0.6) is 0 Å². The normalized spacial score (nSPS) is 7.20. The first-order chi connectivity index (χ1) is 5.20. The predicted molar refractivity (Wildman–Crippen MR) is 0 cm³/mol. The Labute approximate surface area is 137 Å². The fourth-order valence-corrected chi connectivity index (χ4v) is 0. The van der Waals surface area contributed by atoms with Gasteiger partial charge in [-0.2, -0.15) is 0 Å². The molecule has 0 amide bonds. The summed E-state index contributed by atoms with van der Waals surface area (Å²) in [5.74, 6) is 0. The van der Waals surface area contributed by atoms with Crippen molar-refractivity contribution in [2.45, 2.75) is 0 Å². The number of hydrogen-bond acceptors (Lipinski definition) is 9. The zero-order valence-corrected chi connectivity index (χ0v) is 12.6. The van der Waals surface area contributed by atoms with Crippen molar-refractivity contribution in [3.05, 3.63) is 0 Å². The van der Waals surface area contributed by atoms with Gasteiger partial charge in [0.25, 0.3) is 0 Å². The van der Waals surface area contributed by atoms with Gasteiger partial charge in [-0.05, 0) is 0 Å². The molecular weight excluding hydrogens is 405 g/mol. The van der Waals surface area contributed by atoms with Gasteiger partial charge in [0.2, 0.25) is 44.4 Å². The summed E-state index contributed by atoms with van der Waals surface area (Å²) in [5, 5.41) is 0. The molecule has 0 N–H and O–H groups in total. The van der Waals surface area contributed by atoms with E-state index in [0.717, 1.165) is 0 Å². The monoisotopic (exact) mass is 402 g/mol. The summed E-state index contributed by atoms with van der Waals surface area (Å²) in [7, 11) is 0. The Morgan fingerprint density at radius 1 is 0.333 bits per heavy atom. The fraction of sp³-hybridized carbons (Fsp3) is 0. The number of rotatable bonds is 0. The van der Waals surface area contributed by atoms with Gasteiger partial charge in [-0.15, -0.1) is 0 Å². The van der Waals surface area contributed by atoms with Crippen LogP contribution in [0.25, 0.3) is 0 Å². The third-order valence-electron chi connectivity index (χ3n) is 0. The summed E-state index contributed by atoms with van der Waals surface area (Å²) in [5.41, 5.74) is 0. The van der Waals surface area contributed by atoms with E-state index in [0.29, 0.717) is 0 Å². The zero-order chi connectivity index (χ0) is 10.7. The van der Waals surface area contributed by atoms with Crippen LogP contribution < -0.4 is 94.4 Å². The molecule has 0 aromatic heterocycles. The van der Waals surface area contributed by atoms with E-state index < -0.39 is 44.4 Å². The second kappa shape index (κ2) is 30.2. The van der Waals surface area contributed by atoms with Crippen LogP contribution in [0.1, 0.15) is 0 Å². The van der Waals surface area contributed by atoms with Crippen molar-refractivity contribution < 1.29 is 139 Å². The first-order valence-corrected chi connectivity index (χ1v) is 7.22. The molecule has 0 aromatic carbocycles. The molecule has 0 rings (SSSR count).